The molecule has 6 heteroatoms. The van der Waals surface area contributed by atoms with Crippen molar-refractivity contribution in [3.8, 4) is 11.5 Å². The third-order valence-corrected chi connectivity index (χ3v) is 4.01. The largest absolute Gasteiger partial charge is 0.497 e. The highest BCUT2D eigenvalue weighted by Gasteiger charge is 2.00. The molecule has 0 spiro atoms. The molecule has 2 N–H and O–H groups in total. The highest BCUT2D eigenvalue weighted by molar-refractivity contribution is 5.79. The van der Waals surface area contributed by atoms with Gasteiger partial charge in [-0.2, -0.15) is 0 Å². The van der Waals surface area contributed by atoms with Crippen molar-refractivity contribution < 1.29 is 9.47 Å². The van der Waals surface area contributed by atoms with Crippen LogP contribution in [0.4, 0.5) is 0 Å². The van der Waals surface area contributed by atoms with Gasteiger partial charge in [0, 0.05) is 13.1 Å². The molecule has 2 rings (SSSR count). The van der Waals surface area contributed by atoms with Gasteiger partial charge in [0.05, 0.1) is 20.2 Å². The van der Waals surface area contributed by atoms with Gasteiger partial charge in [0.2, 0.25) is 0 Å². The maximum Gasteiger partial charge on any atom is 0.191 e. The first-order valence-electron chi connectivity index (χ1n) is 9.62. The number of rotatable bonds is 10. The summed E-state index contributed by atoms with van der Waals surface area (Å²) in [6.45, 7) is 5.67. The van der Waals surface area contributed by atoms with Crippen LogP contribution in [0.2, 0.25) is 0 Å². The van der Waals surface area contributed by atoms with Crippen LogP contribution in [-0.2, 0) is 13.1 Å². The van der Waals surface area contributed by atoms with E-state index in [0.29, 0.717) is 19.7 Å². The first-order valence-corrected chi connectivity index (χ1v) is 9.62. The number of nitrogens with one attached hydrogen (secondary N) is 2. The molecule has 2 aromatic carbocycles. The van der Waals surface area contributed by atoms with Crippen molar-refractivity contribution in [1.29, 1.82) is 0 Å². The topological polar surface area (TPSA) is 58.1 Å². The second-order valence-electron chi connectivity index (χ2n) is 6.70. The molecule has 0 atom stereocenters. The molecule has 0 bridgehead atoms. The van der Waals surface area contributed by atoms with Crippen LogP contribution in [0, 0.1) is 0 Å². The van der Waals surface area contributed by atoms with E-state index in [1.54, 1.807) is 7.11 Å². The van der Waals surface area contributed by atoms with Crippen molar-refractivity contribution in [2.75, 3.05) is 40.9 Å². The zero-order chi connectivity index (χ0) is 20.2. The van der Waals surface area contributed by atoms with Crippen molar-refractivity contribution in [2.24, 2.45) is 4.99 Å². The predicted molar refractivity (Wildman–Crippen MR) is 115 cm³/mol. The number of nitrogens with zero attached hydrogens (tertiary/aromatic N) is 2. The van der Waals surface area contributed by atoms with Crippen LogP contribution in [0.3, 0.4) is 0 Å². The number of guanidine groups is 1. The molecule has 0 radical (unpaired) electrons. The number of aliphatic imine (C=N–C) groups is 1. The van der Waals surface area contributed by atoms with E-state index in [2.05, 4.69) is 65.8 Å². The van der Waals surface area contributed by atoms with Crippen LogP contribution in [-0.4, -0.2) is 51.8 Å². The van der Waals surface area contributed by atoms with E-state index in [1.807, 2.05) is 24.3 Å². The molecule has 28 heavy (non-hydrogen) atoms. The molecule has 0 aromatic heterocycles. The van der Waals surface area contributed by atoms with Crippen LogP contribution >= 0.6 is 0 Å². The van der Waals surface area contributed by atoms with Crippen LogP contribution in [0.25, 0.3) is 0 Å². The summed E-state index contributed by atoms with van der Waals surface area (Å²) in [7, 11) is 5.80. The maximum atomic E-state index is 5.74. The van der Waals surface area contributed by atoms with Gasteiger partial charge in [-0.25, -0.2) is 4.99 Å². The Labute approximate surface area is 168 Å². The third-order valence-electron chi connectivity index (χ3n) is 4.01. The normalized spacial score (nSPS) is 11.4. The van der Waals surface area contributed by atoms with Crippen molar-refractivity contribution in [1.82, 2.24) is 15.5 Å². The molecule has 0 aliphatic heterocycles. The Balaban J connectivity index is 1.79. The predicted octanol–water partition coefficient (Wildman–Crippen LogP) is 2.89. The summed E-state index contributed by atoms with van der Waals surface area (Å²) in [5.41, 5.74) is 2.49. The average Bonchev–Trinajstić information content (AvgIpc) is 2.70. The lowest BCUT2D eigenvalue weighted by atomic mass is 10.1. The number of hydrogen-bond donors (Lipinski definition) is 2. The first-order chi connectivity index (χ1) is 13.6. The molecule has 6 nitrogen and oxygen atoms in total. The number of ether oxygens (including phenoxy) is 2. The second kappa shape index (κ2) is 11.9. The zero-order valence-electron chi connectivity index (χ0n) is 17.4. The minimum absolute atomic E-state index is 0.552. The van der Waals surface area contributed by atoms with E-state index in [-0.39, 0.29) is 0 Å². The molecule has 0 amide bonds. The minimum atomic E-state index is 0.552. The molecule has 0 saturated carbocycles. The van der Waals surface area contributed by atoms with Crippen LogP contribution in [0.1, 0.15) is 18.1 Å². The standard InChI is InChI=1S/C22H32N4O2/c1-5-23-22(24-14-15-28-21-12-10-20(27-4)11-13-21)25-16-18-6-8-19(9-7-18)17-26(2)3/h6-13H,5,14-17H2,1-4H3,(H2,23,24,25). The lowest BCUT2D eigenvalue weighted by Gasteiger charge is -2.13. The number of methoxy groups -OCH3 is 1. The fourth-order valence-electron chi connectivity index (χ4n) is 2.64. The Hall–Kier alpha value is -2.73. The van der Waals surface area contributed by atoms with Crippen LogP contribution in [0.15, 0.2) is 53.5 Å². The van der Waals surface area contributed by atoms with E-state index in [0.717, 1.165) is 30.5 Å². The molecule has 0 aliphatic carbocycles. The fraction of sp³-hybridized carbons (Fsp3) is 0.409. The second-order valence-corrected chi connectivity index (χ2v) is 6.70. The van der Waals surface area contributed by atoms with Gasteiger partial charge in [0.1, 0.15) is 18.1 Å². The molecule has 0 aliphatic rings. The van der Waals surface area contributed by atoms with Gasteiger partial charge in [-0.3, -0.25) is 0 Å². The third kappa shape index (κ3) is 7.88. The van der Waals surface area contributed by atoms with E-state index in [9.17, 15) is 0 Å². The van der Waals surface area contributed by atoms with Gasteiger partial charge in [-0.1, -0.05) is 24.3 Å². The Bertz CT molecular complexity index is 712. The van der Waals surface area contributed by atoms with Crippen molar-refractivity contribution >= 4 is 5.96 Å². The monoisotopic (exact) mass is 384 g/mol. The average molecular weight is 385 g/mol. The van der Waals surface area contributed by atoms with E-state index in [4.69, 9.17) is 9.47 Å². The van der Waals surface area contributed by atoms with Gasteiger partial charge >= 0.3 is 0 Å². The SMILES string of the molecule is CCNC(=NCc1ccc(CN(C)C)cc1)NCCOc1ccc(OC)cc1. The lowest BCUT2D eigenvalue weighted by molar-refractivity contribution is 0.321. The Morgan fingerprint density at radius 1 is 0.929 bits per heavy atom. The zero-order valence-corrected chi connectivity index (χ0v) is 17.4. The molecular formula is C22H32N4O2. The van der Waals surface area contributed by atoms with E-state index >= 15 is 0 Å². The van der Waals surface area contributed by atoms with Crippen molar-refractivity contribution in [2.45, 2.75) is 20.0 Å². The lowest BCUT2D eigenvalue weighted by Crippen LogP contribution is -2.39. The molecule has 0 unspecified atom stereocenters. The van der Waals surface area contributed by atoms with Gasteiger partial charge in [0.15, 0.2) is 5.96 Å². The van der Waals surface area contributed by atoms with Gasteiger partial charge < -0.3 is 25.0 Å². The number of benzene rings is 2. The molecular weight excluding hydrogens is 352 g/mol. The van der Waals surface area contributed by atoms with Crippen LogP contribution in [0.5, 0.6) is 11.5 Å². The maximum absolute atomic E-state index is 5.74. The van der Waals surface area contributed by atoms with Crippen molar-refractivity contribution in [3.63, 3.8) is 0 Å². The van der Waals surface area contributed by atoms with Crippen LogP contribution < -0.4 is 20.1 Å². The summed E-state index contributed by atoms with van der Waals surface area (Å²) < 4.78 is 10.9. The fourth-order valence-corrected chi connectivity index (χ4v) is 2.64. The Kier molecular flexibility index (Phi) is 9.15. The highest BCUT2D eigenvalue weighted by Crippen LogP contribution is 2.16. The summed E-state index contributed by atoms with van der Waals surface area (Å²) in [6, 6.07) is 16.2. The summed E-state index contributed by atoms with van der Waals surface area (Å²) in [5.74, 6) is 2.43. The molecule has 0 heterocycles. The minimum Gasteiger partial charge on any atom is -0.497 e. The summed E-state index contributed by atoms with van der Waals surface area (Å²) in [4.78, 5) is 6.81. The van der Waals surface area contributed by atoms with Crippen molar-refractivity contribution in [3.05, 3.63) is 59.7 Å². The summed E-state index contributed by atoms with van der Waals surface area (Å²) in [5, 5.41) is 6.57. The first kappa shape index (κ1) is 21.6. The van der Waals surface area contributed by atoms with E-state index in [1.165, 1.54) is 11.1 Å². The molecule has 2 aromatic rings. The number of hydrogen-bond acceptors (Lipinski definition) is 4. The Morgan fingerprint density at radius 2 is 1.57 bits per heavy atom. The molecule has 0 fully saturated rings. The van der Waals surface area contributed by atoms with Gasteiger partial charge in [-0.15, -0.1) is 0 Å². The smallest absolute Gasteiger partial charge is 0.191 e. The Morgan fingerprint density at radius 3 is 2.18 bits per heavy atom. The molecule has 152 valence electrons. The van der Waals surface area contributed by atoms with Gasteiger partial charge in [-0.05, 0) is 56.4 Å². The van der Waals surface area contributed by atoms with E-state index < -0.39 is 0 Å². The van der Waals surface area contributed by atoms with Gasteiger partial charge in [0.25, 0.3) is 0 Å². The quantitative estimate of drug-likeness (QED) is 0.375. The highest BCUT2D eigenvalue weighted by atomic mass is 16.5. The molecule has 0 saturated heterocycles. The summed E-state index contributed by atoms with van der Waals surface area (Å²) in [6.07, 6.45) is 0. The summed E-state index contributed by atoms with van der Waals surface area (Å²) >= 11 is 0.